The Kier molecular flexibility index (Phi) is 5.11. The number of nitrogens with zero attached hydrogens (tertiary/aromatic N) is 2. The number of benzene rings is 1. The maximum absolute atomic E-state index is 14.3. The van der Waals surface area contributed by atoms with Crippen LogP contribution in [0.15, 0.2) is 24.3 Å². The van der Waals surface area contributed by atoms with E-state index >= 15 is 0 Å². The summed E-state index contributed by atoms with van der Waals surface area (Å²) in [6, 6.07) is 6.52. The van der Waals surface area contributed by atoms with Crippen LogP contribution in [0.2, 0.25) is 0 Å². The lowest BCUT2D eigenvalue weighted by molar-refractivity contribution is 0.0722. The molecule has 2 aliphatic rings. The Labute approximate surface area is 152 Å². The lowest BCUT2D eigenvalue weighted by atomic mass is 10.00. The lowest BCUT2D eigenvalue weighted by Gasteiger charge is -2.25. The molecule has 2 aliphatic heterocycles. The van der Waals surface area contributed by atoms with Crippen molar-refractivity contribution >= 4 is 18.3 Å². The molecule has 1 fully saturated rings. The minimum atomic E-state index is -0.250. The highest BCUT2D eigenvalue weighted by atomic mass is 35.5. The smallest absolute Gasteiger partial charge is 0.275 e. The number of carbonyl (C=O) groups excluding carboxylic acids is 1. The van der Waals surface area contributed by atoms with Crippen LogP contribution in [-0.2, 0) is 13.0 Å². The predicted molar refractivity (Wildman–Crippen MR) is 95.2 cm³/mol. The van der Waals surface area contributed by atoms with Crippen LogP contribution in [0, 0.1) is 11.7 Å². The molecule has 7 heteroatoms. The lowest BCUT2D eigenvalue weighted by Crippen LogP contribution is -2.33. The first-order chi connectivity index (χ1) is 11.6. The van der Waals surface area contributed by atoms with E-state index in [1.165, 1.54) is 6.07 Å². The summed E-state index contributed by atoms with van der Waals surface area (Å²) in [5, 5.41) is 10.5. The highest BCUT2D eigenvalue weighted by Crippen LogP contribution is 2.37. The van der Waals surface area contributed by atoms with Crippen LogP contribution in [0.1, 0.15) is 46.7 Å². The molecule has 25 heavy (non-hydrogen) atoms. The van der Waals surface area contributed by atoms with E-state index in [9.17, 15) is 9.18 Å². The van der Waals surface area contributed by atoms with Crippen molar-refractivity contribution < 1.29 is 9.18 Å². The van der Waals surface area contributed by atoms with E-state index in [-0.39, 0.29) is 30.2 Å². The number of likely N-dealkylation sites (tertiary alicyclic amines) is 1. The third kappa shape index (κ3) is 3.16. The normalized spacial score (nSPS) is 22.4. The Balaban J connectivity index is 0.00000182. The zero-order valence-corrected chi connectivity index (χ0v) is 14.9. The maximum Gasteiger partial charge on any atom is 0.275 e. The Bertz CT molecular complexity index is 778. The number of carbonyl (C=O) groups is 1. The maximum atomic E-state index is 14.3. The largest absolute Gasteiger partial charge is 0.330 e. The van der Waals surface area contributed by atoms with Gasteiger partial charge in [0.25, 0.3) is 5.91 Å². The van der Waals surface area contributed by atoms with E-state index < -0.39 is 0 Å². The molecule has 4 rings (SSSR count). The summed E-state index contributed by atoms with van der Waals surface area (Å²) in [4.78, 5) is 14.9. The Morgan fingerprint density at radius 3 is 2.96 bits per heavy atom. The fourth-order valence-corrected chi connectivity index (χ4v) is 3.85. The molecular weight excluding hydrogens is 343 g/mol. The topological polar surface area (TPSA) is 61.0 Å². The third-order valence-electron chi connectivity index (χ3n) is 5.04. The van der Waals surface area contributed by atoms with Gasteiger partial charge < -0.3 is 10.2 Å². The zero-order valence-electron chi connectivity index (χ0n) is 14.1. The molecular formula is C18H22ClFN4O. The van der Waals surface area contributed by atoms with Gasteiger partial charge >= 0.3 is 0 Å². The predicted octanol–water partition coefficient (Wildman–Crippen LogP) is 2.84. The molecule has 3 heterocycles. The van der Waals surface area contributed by atoms with Crippen LogP contribution in [0.5, 0.6) is 0 Å². The van der Waals surface area contributed by atoms with Crippen LogP contribution in [0.25, 0.3) is 0 Å². The minimum Gasteiger partial charge on any atom is -0.330 e. The van der Waals surface area contributed by atoms with Crippen molar-refractivity contribution in [3.63, 3.8) is 0 Å². The number of aromatic amines is 1. The number of hydrogen-bond acceptors (Lipinski definition) is 3. The SMILES string of the molecule is CC1CC(c2ccccc2F)N(C(=O)c2n[nH]c3c2CNCC3)C1.Cl. The molecule has 1 amide bonds. The van der Waals surface area contributed by atoms with Gasteiger partial charge in [-0.2, -0.15) is 5.10 Å². The molecule has 5 nitrogen and oxygen atoms in total. The Morgan fingerprint density at radius 1 is 1.36 bits per heavy atom. The highest BCUT2D eigenvalue weighted by molar-refractivity contribution is 5.94. The number of nitrogens with one attached hydrogen (secondary N) is 2. The average Bonchev–Trinajstić information content (AvgIpc) is 3.18. The second-order valence-electron chi connectivity index (χ2n) is 6.79. The fourth-order valence-electron chi connectivity index (χ4n) is 3.85. The highest BCUT2D eigenvalue weighted by Gasteiger charge is 2.37. The van der Waals surface area contributed by atoms with Crippen LogP contribution in [-0.4, -0.2) is 34.1 Å². The molecule has 1 aromatic carbocycles. The van der Waals surface area contributed by atoms with Crippen molar-refractivity contribution in [1.29, 1.82) is 0 Å². The van der Waals surface area contributed by atoms with E-state index in [0.29, 0.717) is 30.3 Å². The first kappa shape index (κ1) is 17.9. The zero-order chi connectivity index (χ0) is 16.7. The quantitative estimate of drug-likeness (QED) is 0.861. The number of aromatic nitrogens is 2. The Hall–Kier alpha value is -1.92. The van der Waals surface area contributed by atoms with Gasteiger partial charge in [0, 0.05) is 42.9 Å². The molecule has 1 aromatic heterocycles. The van der Waals surface area contributed by atoms with E-state index in [1.807, 2.05) is 6.07 Å². The van der Waals surface area contributed by atoms with E-state index in [1.54, 1.807) is 17.0 Å². The monoisotopic (exact) mass is 364 g/mol. The van der Waals surface area contributed by atoms with Gasteiger partial charge in [-0.3, -0.25) is 9.89 Å². The number of fused-ring (bicyclic) bond motifs is 1. The first-order valence-corrected chi connectivity index (χ1v) is 8.47. The molecule has 2 unspecified atom stereocenters. The second kappa shape index (κ2) is 7.14. The molecule has 0 radical (unpaired) electrons. The van der Waals surface area contributed by atoms with Crippen molar-refractivity contribution in [3.05, 3.63) is 52.6 Å². The number of hydrogen-bond donors (Lipinski definition) is 2. The summed E-state index contributed by atoms with van der Waals surface area (Å²) in [5.41, 5.74) is 3.07. The van der Waals surface area contributed by atoms with Crippen LogP contribution < -0.4 is 5.32 Å². The van der Waals surface area contributed by atoms with E-state index in [4.69, 9.17) is 0 Å². The van der Waals surface area contributed by atoms with Crippen molar-refractivity contribution in [1.82, 2.24) is 20.4 Å². The van der Waals surface area contributed by atoms with Gasteiger partial charge in [-0.15, -0.1) is 12.4 Å². The molecule has 0 bridgehead atoms. The van der Waals surface area contributed by atoms with Crippen molar-refractivity contribution in [3.8, 4) is 0 Å². The molecule has 2 aromatic rings. The van der Waals surface area contributed by atoms with Crippen molar-refractivity contribution in [2.24, 2.45) is 5.92 Å². The number of rotatable bonds is 2. The van der Waals surface area contributed by atoms with Crippen LogP contribution in [0.4, 0.5) is 4.39 Å². The van der Waals surface area contributed by atoms with Crippen molar-refractivity contribution in [2.75, 3.05) is 13.1 Å². The molecule has 2 atom stereocenters. The number of halogens is 2. The summed E-state index contributed by atoms with van der Waals surface area (Å²) in [6.45, 7) is 4.28. The molecule has 0 spiro atoms. The van der Waals surface area contributed by atoms with E-state index in [2.05, 4.69) is 22.4 Å². The Morgan fingerprint density at radius 2 is 2.16 bits per heavy atom. The summed E-state index contributed by atoms with van der Waals surface area (Å²) in [5.74, 6) is -0.0135. The summed E-state index contributed by atoms with van der Waals surface area (Å²) in [6.07, 6.45) is 1.63. The first-order valence-electron chi connectivity index (χ1n) is 8.47. The molecule has 0 saturated carbocycles. The standard InChI is InChI=1S/C18H21FN4O.ClH/c1-11-8-16(12-4-2-3-5-14(12)19)23(10-11)18(24)17-13-9-20-7-6-15(13)21-22-17;/h2-5,11,16,20H,6-10H2,1H3,(H,21,22);1H. The van der Waals surface area contributed by atoms with Crippen molar-refractivity contribution in [2.45, 2.75) is 32.4 Å². The third-order valence-corrected chi connectivity index (χ3v) is 5.04. The average molecular weight is 365 g/mol. The number of amides is 1. The molecule has 134 valence electrons. The van der Waals surface area contributed by atoms with Gasteiger partial charge in [-0.25, -0.2) is 4.39 Å². The second-order valence-corrected chi connectivity index (χ2v) is 6.79. The van der Waals surface area contributed by atoms with Gasteiger partial charge in [0.15, 0.2) is 5.69 Å². The fraction of sp³-hybridized carbons (Fsp3) is 0.444. The molecule has 0 aliphatic carbocycles. The van der Waals surface area contributed by atoms with Gasteiger partial charge in [0.05, 0.1) is 6.04 Å². The molecule has 2 N–H and O–H groups in total. The van der Waals surface area contributed by atoms with Crippen LogP contribution in [0.3, 0.4) is 0 Å². The van der Waals surface area contributed by atoms with Gasteiger partial charge in [-0.05, 0) is 18.4 Å². The summed E-state index contributed by atoms with van der Waals surface area (Å²) < 4.78 is 14.3. The van der Waals surface area contributed by atoms with Gasteiger partial charge in [0.1, 0.15) is 5.82 Å². The van der Waals surface area contributed by atoms with Gasteiger partial charge in [-0.1, -0.05) is 25.1 Å². The van der Waals surface area contributed by atoms with Gasteiger partial charge in [0.2, 0.25) is 0 Å². The minimum absolute atomic E-state index is 0. The molecule has 1 saturated heterocycles. The van der Waals surface area contributed by atoms with E-state index in [0.717, 1.165) is 30.6 Å². The number of H-pyrrole nitrogens is 1. The summed E-state index contributed by atoms with van der Waals surface area (Å²) >= 11 is 0. The van der Waals surface area contributed by atoms with Crippen LogP contribution >= 0.6 is 12.4 Å². The summed E-state index contributed by atoms with van der Waals surface area (Å²) in [7, 11) is 0.